The van der Waals surface area contributed by atoms with Gasteiger partial charge in [0.2, 0.25) is 0 Å². The molecule has 2 atom stereocenters. The Morgan fingerprint density at radius 1 is 1.50 bits per heavy atom. The standard InChI is InChI=1S/C11H24N2O/c1-5-10(2)13-7-6-11(8-13,9-14)12(3)4/h10,14H,5-9H2,1-4H3. The van der Waals surface area contributed by atoms with Crippen molar-refractivity contribution < 1.29 is 5.11 Å². The minimum Gasteiger partial charge on any atom is -0.394 e. The maximum absolute atomic E-state index is 9.49. The van der Waals surface area contributed by atoms with E-state index in [0.717, 1.165) is 19.5 Å². The minimum atomic E-state index is 0.00340. The molecule has 1 aliphatic heterocycles. The fourth-order valence-electron chi connectivity index (χ4n) is 2.16. The Kier molecular flexibility index (Phi) is 3.93. The zero-order valence-corrected chi connectivity index (χ0v) is 9.95. The number of likely N-dealkylation sites (tertiary alicyclic amines) is 1. The highest BCUT2D eigenvalue weighted by atomic mass is 16.3. The van der Waals surface area contributed by atoms with Crippen LogP contribution in [0.3, 0.4) is 0 Å². The van der Waals surface area contributed by atoms with Gasteiger partial charge in [-0.1, -0.05) is 6.92 Å². The van der Waals surface area contributed by atoms with Crippen LogP contribution in [-0.2, 0) is 0 Å². The SMILES string of the molecule is CCC(C)N1CCC(CO)(N(C)C)C1. The monoisotopic (exact) mass is 200 g/mol. The lowest BCUT2D eigenvalue weighted by atomic mass is 9.98. The summed E-state index contributed by atoms with van der Waals surface area (Å²) in [4.78, 5) is 4.66. The molecule has 0 amide bonds. The van der Waals surface area contributed by atoms with Gasteiger partial charge in [0.05, 0.1) is 12.1 Å². The highest BCUT2D eigenvalue weighted by molar-refractivity contribution is 4.97. The molecule has 14 heavy (non-hydrogen) atoms. The molecule has 0 saturated carbocycles. The average molecular weight is 200 g/mol. The van der Waals surface area contributed by atoms with Crippen LogP contribution in [0.1, 0.15) is 26.7 Å². The van der Waals surface area contributed by atoms with Crippen molar-refractivity contribution in [2.45, 2.75) is 38.3 Å². The molecule has 0 aromatic carbocycles. The van der Waals surface area contributed by atoms with Crippen molar-refractivity contribution >= 4 is 0 Å². The molecule has 0 radical (unpaired) electrons. The molecule has 0 aromatic rings. The molecule has 0 aliphatic carbocycles. The molecule has 2 unspecified atom stereocenters. The van der Waals surface area contributed by atoms with Gasteiger partial charge in [-0.15, -0.1) is 0 Å². The smallest absolute Gasteiger partial charge is 0.0628 e. The van der Waals surface area contributed by atoms with Crippen molar-refractivity contribution in [1.82, 2.24) is 9.80 Å². The van der Waals surface area contributed by atoms with Gasteiger partial charge in [0.25, 0.3) is 0 Å². The molecule has 0 aromatic heterocycles. The highest BCUT2D eigenvalue weighted by Crippen LogP contribution is 2.27. The van der Waals surface area contributed by atoms with Crippen molar-refractivity contribution in [3.8, 4) is 0 Å². The molecule has 0 spiro atoms. The van der Waals surface area contributed by atoms with Gasteiger partial charge in [0.15, 0.2) is 0 Å². The molecule has 1 rings (SSSR count). The summed E-state index contributed by atoms with van der Waals surface area (Å²) >= 11 is 0. The Morgan fingerprint density at radius 3 is 2.50 bits per heavy atom. The molecular weight excluding hydrogens is 176 g/mol. The van der Waals surface area contributed by atoms with E-state index in [1.165, 1.54) is 6.42 Å². The Morgan fingerprint density at radius 2 is 2.14 bits per heavy atom. The first-order valence-electron chi connectivity index (χ1n) is 5.58. The zero-order chi connectivity index (χ0) is 10.8. The molecule has 1 aliphatic rings. The maximum Gasteiger partial charge on any atom is 0.0628 e. The van der Waals surface area contributed by atoms with Gasteiger partial charge in [0.1, 0.15) is 0 Å². The van der Waals surface area contributed by atoms with E-state index in [2.05, 4.69) is 37.7 Å². The summed E-state index contributed by atoms with van der Waals surface area (Å²) in [5, 5.41) is 9.49. The number of likely N-dealkylation sites (N-methyl/N-ethyl adjacent to an activating group) is 1. The maximum atomic E-state index is 9.49. The highest BCUT2D eigenvalue weighted by Gasteiger charge is 2.40. The summed E-state index contributed by atoms with van der Waals surface area (Å²) in [5.74, 6) is 0. The number of nitrogens with zero attached hydrogens (tertiary/aromatic N) is 2. The Labute approximate surface area is 87.7 Å². The third-order valence-electron chi connectivity index (χ3n) is 3.82. The quantitative estimate of drug-likeness (QED) is 0.726. The number of hydrogen-bond donors (Lipinski definition) is 1. The molecule has 3 heteroatoms. The molecule has 1 fully saturated rings. The van der Waals surface area contributed by atoms with E-state index in [-0.39, 0.29) is 12.1 Å². The molecule has 1 heterocycles. The number of aliphatic hydroxyl groups excluding tert-OH is 1. The number of rotatable bonds is 4. The first kappa shape index (κ1) is 12.0. The third kappa shape index (κ3) is 2.10. The summed E-state index contributed by atoms with van der Waals surface area (Å²) in [5.41, 5.74) is 0.00340. The van der Waals surface area contributed by atoms with Crippen LogP contribution < -0.4 is 0 Å². The normalized spacial score (nSPS) is 31.3. The van der Waals surface area contributed by atoms with E-state index in [1.54, 1.807) is 0 Å². The van der Waals surface area contributed by atoms with Crippen LogP contribution >= 0.6 is 0 Å². The molecule has 84 valence electrons. The second-order valence-electron chi connectivity index (χ2n) is 4.75. The lowest BCUT2D eigenvalue weighted by molar-refractivity contribution is 0.0696. The van der Waals surface area contributed by atoms with Crippen LogP contribution in [0.4, 0.5) is 0 Å². The van der Waals surface area contributed by atoms with Gasteiger partial charge in [-0.3, -0.25) is 4.90 Å². The molecule has 3 nitrogen and oxygen atoms in total. The van der Waals surface area contributed by atoms with Crippen LogP contribution in [0.2, 0.25) is 0 Å². The molecule has 0 bridgehead atoms. The summed E-state index contributed by atoms with van der Waals surface area (Å²) in [6, 6.07) is 0.642. The second-order valence-corrected chi connectivity index (χ2v) is 4.75. The predicted octanol–water partition coefficient (Wildman–Crippen LogP) is 0.783. The Hall–Kier alpha value is -0.120. The van der Waals surface area contributed by atoms with Crippen LogP contribution in [0.5, 0.6) is 0 Å². The Bertz CT molecular complexity index is 184. The van der Waals surface area contributed by atoms with E-state index < -0.39 is 0 Å². The molecule has 1 saturated heterocycles. The molecule has 1 N–H and O–H groups in total. The summed E-state index contributed by atoms with van der Waals surface area (Å²) in [6.07, 6.45) is 2.27. The van der Waals surface area contributed by atoms with Crippen molar-refractivity contribution in [3.63, 3.8) is 0 Å². The lowest BCUT2D eigenvalue weighted by Crippen LogP contribution is -2.50. The fourth-order valence-corrected chi connectivity index (χ4v) is 2.16. The van der Waals surface area contributed by atoms with Crippen LogP contribution in [0.15, 0.2) is 0 Å². The third-order valence-corrected chi connectivity index (χ3v) is 3.82. The van der Waals surface area contributed by atoms with E-state index >= 15 is 0 Å². The number of aliphatic hydroxyl groups is 1. The van der Waals surface area contributed by atoms with Crippen molar-refractivity contribution in [2.24, 2.45) is 0 Å². The largest absolute Gasteiger partial charge is 0.394 e. The van der Waals surface area contributed by atoms with Crippen LogP contribution in [-0.4, -0.2) is 60.3 Å². The lowest BCUT2D eigenvalue weighted by Gasteiger charge is -2.35. The number of hydrogen-bond acceptors (Lipinski definition) is 3. The van der Waals surface area contributed by atoms with E-state index in [1.807, 2.05) is 0 Å². The van der Waals surface area contributed by atoms with Gasteiger partial charge in [-0.2, -0.15) is 0 Å². The van der Waals surface area contributed by atoms with Gasteiger partial charge in [-0.05, 0) is 33.9 Å². The van der Waals surface area contributed by atoms with Gasteiger partial charge >= 0.3 is 0 Å². The first-order chi connectivity index (χ1) is 6.55. The van der Waals surface area contributed by atoms with E-state index in [4.69, 9.17) is 0 Å². The van der Waals surface area contributed by atoms with Crippen LogP contribution in [0.25, 0.3) is 0 Å². The molecular formula is C11H24N2O. The van der Waals surface area contributed by atoms with E-state index in [0.29, 0.717) is 6.04 Å². The van der Waals surface area contributed by atoms with Crippen LogP contribution in [0, 0.1) is 0 Å². The van der Waals surface area contributed by atoms with Crippen molar-refractivity contribution in [2.75, 3.05) is 33.8 Å². The van der Waals surface area contributed by atoms with Crippen molar-refractivity contribution in [1.29, 1.82) is 0 Å². The summed E-state index contributed by atoms with van der Waals surface area (Å²) < 4.78 is 0. The van der Waals surface area contributed by atoms with Crippen molar-refractivity contribution in [3.05, 3.63) is 0 Å². The Balaban J connectivity index is 2.61. The predicted molar refractivity (Wildman–Crippen MR) is 59.4 cm³/mol. The average Bonchev–Trinajstić information content (AvgIpc) is 2.62. The minimum absolute atomic E-state index is 0.00340. The van der Waals surface area contributed by atoms with Gasteiger partial charge in [-0.25, -0.2) is 0 Å². The topological polar surface area (TPSA) is 26.7 Å². The van der Waals surface area contributed by atoms with E-state index in [9.17, 15) is 5.11 Å². The van der Waals surface area contributed by atoms with Gasteiger partial charge < -0.3 is 10.0 Å². The zero-order valence-electron chi connectivity index (χ0n) is 9.95. The summed E-state index contributed by atoms with van der Waals surface area (Å²) in [7, 11) is 4.13. The second kappa shape index (κ2) is 4.60. The first-order valence-corrected chi connectivity index (χ1v) is 5.58. The fraction of sp³-hybridized carbons (Fsp3) is 1.00. The van der Waals surface area contributed by atoms with Gasteiger partial charge in [0, 0.05) is 19.1 Å². The summed E-state index contributed by atoms with van der Waals surface area (Å²) in [6.45, 7) is 6.88.